The summed E-state index contributed by atoms with van der Waals surface area (Å²) in [6.07, 6.45) is 8.03. The summed E-state index contributed by atoms with van der Waals surface area (Å²) in [7, 11) is -3.34. The highest BCUT2D eigenvalue weighted by atomic mass is 32.2. The number of nitrogens with one attached hydrogen (secondary N) is 2. The van der Waals surface area contributed by atoms with Crippen molar-refractivity contribution in [3.63, 3.8) is 0 Å². The Morgan fingerprint density at radius 2 is 2.19 bits per heavy atom. The molecule has 0 bridgehead atoms. The third kappa shape index (κ3) is 4.76. The first kappa shape index (κ1) is 13.2. The number of carbonyl (C=O) groups is 1. The highest BCUT2D eigenvalue weighted by Gasteiger charge is 2.19. The molecule has 0 fully saturated rings. The molecule has 0 heterocycles. The summed E-state index contributed by atoms with van der Waals surface area (Å²) in [4.78, 5) is 11.6. The van der Waals surface area contributed by atoms with Crippen molar-refractivity contribution in [2.24, 2.45) is 0 Å². The Hall–Kier alpha value is -0.880. The standard InChI is InChI=1S/C10H18N2O3S/c1-8(12-16(2,14)15)10(13)11-9-6-4-3-5-7-9/h4,6,8-9,12H,3,5,7H2,1-2H3,(H,11,13)/t8-,9-/m0/s1. The molecule has 6 heteroatoms. The van der Waals surface area contributed by atoms with Gasteiger partial charge in [-0.2, -0.15) is 0 Å². The highest BCUT2D eigenvalue weighted by Crippen LogP contribution is 2.10. The fourth-order valence-electron chi connectivity index (χ4n) is 1.61. The zero-order valence-corrected chi connectivity index (χ0v) is 10.4. The van der Waals surface area contributed by atoms with Crippen LogP contribution in [0.5, 0.6) is 0 Å². The van der Waals surface area contributed by atoms with Gasteiger partial charge in [0.1, 0.15) is 0 Å². The molecule has 0 aromatic carbocycles. The molecule has 92 valence electrons. The molecular weight excluding hydrogens is 228 g/mol. The SMILES string of the molecule is C[C@H](NS(C)(=O)=O)C(=O)N[C@H]1C=CCCC1. The molecule has 16 heavy (non-hydrogen) atoms. The zero-order chi connectivity index (χ0) is 12.2. The van der Waals surface area contributed by atoms with E-state index in [1.165, 1.54) is 6.92 Å². The molecule has 0 spiro atoms. The number of hydrogen-bond donors (Lipinski definition) is 2. The van der Waals surface area contributed by atoms with Crippen molar-refractivity contribution in [3.05, 3.63) is 12.2 Å². The Bertz CT molecular complexity index is 376. The second-order valence-corrected chi connectivity index (χ2v) is 5.87. The molecule has 0 saturated heterocycles. The van der Waals surface area contributed by atoms with Crippen LogP contribution >= 0.6 is 0 Å². The van der Waals surface area contributed by atoms with Crippen molar-refractivity contribution >= 4 is 15.9 Å². The van der Waals surface area contributed by atoms with Gasteiger partial charge in [0.25, 0.3) is 0 Å². The van der Waals surface area contributed by atoms with E-state index in [9.17, 15) is 13.2 Å². The van der Waals surface area contributed by atoms with Gasteiger partial charge in [0, 0.05) is 6.04 Å². The fraction of sp³-hybridized carbons (Fsp3) is 0.700. The summed E-state index contributed by atoms with van der Waals surface area (Å²) in [5.41, 5.74) is 0. The molecular formula is C10H18N2O3S. The second-order valence-electron chi connectivity index (χ2n) is 4.09. The van der Waals surface area contributed by atoms with Gasteiger partial charge >= 0.3 is 0 Å². The van der Waals surface area contributed by atoms with E-state index in [1.54, 1.807) is 0 Å². The lowest BCUT2D eigenvalue weighted by atomic mass is 10.0. The lowest BCUT2D eigenvalue weighted by molar-refractivity contribution is -0.122. The summed E-state index contributed by atoms with van der Waals surface area (Å²) in [5.74, 6) is -0.290. The van der Waals surface area contributed by atoms with Crippen LogP contribution in [0.25, 0.3) is 0 Å². The average Bonchev–Trinajstić information content (AvgIpc) is 2.16. The molecule has 1 rings (SSSR count). The first-order valence-electron chi connectivity index (χ1n) is 5.33. The number of allylic oxidation sites excluding steroid dienone is 1. The molecule has 0 saturated carbocycles. The van der Waals surface area contributed by atoms with Gasteiger partial charge in [0.05, 0.1) is 12.3 Å². The first-order valence-corrected chi connectivity index (χ1v) is 7.22. The minimum atomic E-state index is -3.34. The monoisotopic (exact) mass is 246 g/mol. The summed E-state index contributed by atoms with van der Waals surface area (Å²) in [5, 5.41) is 2.79. The molecule has 1 aliphatic rings. The number of hydrogen-bond acceptors (Lipinski definition) is 3. The van der Waals surface area contributed by atoms with E-state index in [-0.39, 0.29) is 11.9 Å². The Balaban J connectivity index is 2.45. The van der Waals surface area contributed by atoms with Gasteiger partial charge in [0.15, 0.2) is 0 Å². The molecule has 1 aliphatic carbocycles. The smallest absolute Gasteiger partial charge is 0.238 e. The molecule has 0 aromatic rings. The van der Waals surface area contributed by atoms with Gasteiger partial charge in [-0.3, -0.25) is 4.79 Å². The summed E-state index contributed by atoms with van der Waals surface area (Å²) in [6.45, 7) is 1.53. The summed E-state index contributed by atoms with van der Waals surface area (Å²) < 4.78 is 24.1. The molecule has 0 radical (unpaired) electrons. The van der Waals surface area contributed by atoms with Crippen LogP contribution in [0.2, 0.25) is 0 Å². The maximum Gasteiger partial charge on any atom is 0.238 e. The molecule has 0 aromatic heterocycles. The van der Waals surface area contributed by atoms with Gasteiger partial charge in [0.2, 0.25) is 15.9 Å². The van der Waals surface area contributed by atoms with Gasteiger partial charge < -0.3 is 5.32 Å². The topological polar surface area (TPSA) is 75.3 Å². The average molecular weight is 246 g/mol. The fourth-order valence-corrected chi connectivity index (χ4v) is 2.36. The number of sulfonamides is 1. The van der Waals surface area contributed by atoms with E-state index >= 15 is 0 Å². The van der Waals surface area contributed by atoms with Crippen LogP contribution in [-0.4, -0.2) is 32.7 Å². The Kier molecular flexibility index (Phi) is 4.49. The number of rotatable bonds is 4. The third-order valence-electron chi connectivity index (χ3n) is 2.37. The summed E-state index contributed by atoms with van der Waals surface area (Å²) >= 11 is 0. The molecule has 2 N–H and O–H groups in total. The van der Waals surface area contributed by atoms with Crippen molar-refractivity contribution in [1.82, 2.24) is 10.0 Å². The predicted molar refractivity (Wildman–Crippen MR) is 62.4 cm³/mol. The van der Waals surface area contributed by atoms with E-state index in [0.29, 0.717) is 0 Å². The van der Waals surface area contributed by atoms with Gasteiger partial charge in [-0.05, 0) is 26.2 Å². The first-order chi connectivity index (χ1) is 7.38. The zero-order valence-electron chi connectivity index (χ0n) is 9.56. The Morgan fingerprint density at radius 3 is 2.69 bits per heavy atom. The normalized spacial score (nSPS) is 22.8. The van der Waals surface area contributed by atoms with Crippen LogP contribution in [0.15, 0.2) is 12.2 Å². The van der Waals surface area contributed by atoms with E-state index in [4.69, 9.17) is 0 Å². The van der Waals surface area contributed by atoms with Gasteiger partial charge in [-0.25, -0.2) is 13.1 Å². The van der Waals surface area contributed by atoms with Crippen LogP contribution in [0.4, 0.5) is 0 Å². The van der Waals surface area contributed by atoms with Gasteiger partial charge in [-0.15, -0.1) is 0 Å². The molecule has 5 nitrogen and oxygen atoms in total. The lowest BCUT2D eigenvalue weighted by Crippen LogP contribution is -2.47. The Labute approximate surface area is 96.4 Å². The van der Waals surface area contributed by atoms with Crippen LogP contribution in [0.3, 0.4) is 0 Å². The van der Waals surface area contributed by atoms with Crippen LogP contribution in [0, 0.1) is 0 Å². The minimum absolute atomic E-state index is 0.0325. The summed E-state index contributed by atoms with van der Waals surface area (Å²) in [6, 6.07) is -0.699. The minimum Gasteiger partial charge on any atom is -0.349 e. The van der Waals surface area contributed by atoms with Crippen molar-refractivity contribution in [2.45, 2.75) is 38.3 Å². The number of amides is 1. The molecule has 0 unspecified atom stereocenters. The van der Waals surface area contributed by atoms with Crippen molar-refractivity contribution in [2.75, 3.05) is 6.26 Å². The highest BCUT2D eigenvalue weighted by molar-refractivity contribution is 7.88. The maximum absolute atomic E-state index is 11.6. The largest absolute Gasteiger partial charge is 0.349 e. The van der Waals surface area contributed by atoms with E-state index in [0.717, 1.165) is 25.5 Å². The quantitative estimate of drug-likeness (QED) is 0.693. The second kappa shape index (κ2) is 5.45. The van der Waals surface area contributed by atoms with E-state index < -0.39 is 16.1 Å². The number of carbonyl (C=O) groups excluding carboxylic acids is 1. The molecule has 1 amide bonds. The Morgan fingerprint density at radius 1 is 1.50 bits per heavy atom. The lowest BCUT2D eigenvalue weighted by Gasteiger charge is -2.20. The van der Waals surface area contributed by atoms with E-state index in [2.05, 4.69) is 10.0 Å². The molecule has 0 aliphatic heterocycles. The van der Waals surface area contributed by atoms with Crippen molar-refractivity contribution in [1.29, 1.82) is 0 Å². The van der Waals surface area contributed by atoms with Crippen LogP contribution in [-0.2, 0) is 14.8 Å². The van der Waals surface area contributed by atoms with Crippen molar-refractivity contribution < 1.29 is 13.2 Å². The van der Waals surface area contributed by atoms with E-state index in [1.807, 2.05) is 12.2 Å². The van der Waals surface area contributed by atoms with Crippen LogP contribution in [0.1, 0.15) is 26.2 Å². The third-order valence-corrected chi connectivity index (χ3v) is 3.15. The van der Waals surface area contributed by atoms with Gasteiger partial charge in [-0.1, -0.05) is 12.2 Å². The van der Waals surface area contributed by atoms with Crippen LogP contribution < -0.4 is 10.0 Å². The predicted octanol–water partition coefficient (Wildman–Crippen LogP) is 0.149. The maximum atomic E-state index is 11.6. The van der Waals surface area contributed by atoms with Crippen molar-refractivity contribution in [3.8, 4) is 0 Å². The molecule has 2 atom stereocenters.